The topological polar surface area (TPSA) is 56.5 Å². The molecule has 0 saturated carbocycles. The number of benzene rings is 1. The van der Waals surface area contributed by atoms with E-state index >= 15 is 0 Å². The molecule has 1 aliphatic rings. The SMILES string of the molecule is CCNC(C)c1ncc(-c2ccc3c(c2)OCCO3)o1. The number of rotatable bonds is 4. The lowest BCUT2D eigenvalue weighted by Gasteiger charge is -2.18. The highest BCUT2D eigenvalue weighted by Gasteiger charge is 2.16. The number of hydrogen-bond acceptors (Lipinski definition) is 5. The van der Waals surface area contributed by atoms with E-state index in [0.29, 0.717) is 19.1 Å². The maximum atomic E-state index is 5.81. The van der Waals surface area contributed by atoms with Crippen LogP contribution in [0.1, 0.15) is 25.8 Å². The highest BCUT2D eigenvalue weighted by atomic mass is 16.6. The highest BCUT2D eigenvalue weighted by Crippen LogP contribution is 2.35. The summed E-state index contributed by atoms with van der Waals surface area (Å²) in [6.45, 7) is 6.14. The first kappa shape index (κ1) is 13.0. The molecule has 1 aliphatic heterocycles. The van der Waals surface area contributed by atoms with E-state index in [-0.39, 0.29) is 6.04 Å². The summed E-state index contributed by atoms with van der Waals surface area (Å²) in [5.74, 6) is 2.96. The molecular weight excluding hydrogens is 256 g/mol. The Morgan fingerprint density at radius 1 is 1.25 bits per heavy atom. The van der Waals surface area contributed by atoms with Gasteiger partial charge in [-0.1, -0.05) is 6.92 Å². The Hall–Kier alpha value is -2.01. The second kappa shape index (κ2) is 5.54. The van der Waals surface area contributed by atoms with E-state index in [1.54, 1.807) is 6.20 Å². The number of oxazole rings is 1. The van der Waals surface area contributed by atoms with Crippen molar-refractivity contribution in [3.8, 4) is 22.8 Å². The standard InChI is InChI=1S/C15H18N2O3/c1-3-16-10(2)15-17-9-14(20-15)11-4-5-12-13(8-11)19-7-6-18-12/h4-5,8-10,16H,3,6-7H2,1-2H3. The van der Waals surface area contributed by atoms with Gasteiger partial charge in [-0.15, -0.1) is 0 Å². The third-order valence-corrected chi connectivity index (χ3v) is 3.23. The molecule has 2 aromatic rings. The van der Waals surface area contributed by atoms with Gasteiger partial charge in [0.25, 0.3) is 0 Å². The zero-order chi connectivity index (χ0) is 13.9. The van der Waals surface area contributed by atoms with Gasteiger partial charge in [-0.2, -0.15) is 0 Å². The smallest absolute Gasteiger partial charge is 0.211 e. The van der Waals surface area contributed by atoms with Crippen molar-refractivity contribution in [3.63, 3.8) is 0 Å². The van der Waals surface area contributed by atoms with Crippen molar-refractivity contribution < 1.29 is 13.9 Å². The monoisotopic (exact) mass is 274 g/mol. The van der Waals surface area contributed by atoms with Crippen LogP contribution in [0.2, 0.25) is 0 Å². The number of hydrogen-bond donors (Lipinski definition) is 1. The summed E-state index contributed by atoms with van der Waals surface area (Å²) in [7, 11) is 0. The molecule has 5 nitrogen and oxygen atoms in total. The lowest BCUT2D eigenvalue weighted by Crippen LogP contribution is -2.17. The van der Waals surface area contributed by atoms with Gasteiger partial charge >= 0.3 is 0 Å². The van der Waals surface area contributed by atoms with Crippen LogP contribution in [0.15, 0.2) is 28.8 Å². The van der Waals surface area contributed by atoms with Gasteiger partial charge in [0.15, 0.2) is 17.3 Å². The minimum Gasteiger partial charge on any atom is -0.486 e. The maximum absolute atomic E-state index is 5.81. The van der Waals surface area contributed by atoms with E-state index in [9.17, 15) is 0 Å². The van der Waals surface area contributed by atoms with Crippen molar-refractivity contribution in [2.75, 3.05) is 19.8 Å². The number of ether oxygens (including phenoxy) is 2. The van der Waals surface area contributed by atoms with Gasteiger partial charge in [-0.05, 0) is 31.7 Å². The molecule has 0 aliphatic carbocycles. The molecular formula is C15H18N2O3. The highest BCUT2D eigenvalue weighted by molar-refractivity contribution is 5.62. The van der Waals surface area contributed by atoms with Crippen LogP contribution in [0.3, 0.4) is 0 Å². The lowest BCUT2D eigenvalue weighted by atomic mass is 10.1. The third kappa shape index (κ3) is 2.49. The van der Waals surface area contributed by atoms with Crippen molar-refractivity contribution in [1.82, 2.24) is 10.3 Å². The molecule has 0 spiro atoms. The first-order valence-electron chi connectivity index (χ1n) is 6.87. The molecule has 1 aromatic heterocycles. The third-order valence-electron chi connectivity index (χ3n) is 3.23. The lowest BCUT2D eigenvalue weighted by molar-refractivity contribution is 0.171. The number of nitrogens with zero attached hydrogens (tertiary/aromatic N) is 1. The van der Waals surface area contributed by atoms with Crippen molar-refractivity contribution in [2.45, 2.75) is 19.9 Å². The second-order valence-corrected chi connectivity index (χ2v) is 4.70. The van der Waals surface area contributed by atoms with Crippen LogP contribution in [0, 0.1) is 0 Å². The zero-order valence-corrected chi connectivity index (χ0v) is 11.7. The van der Waals surface area contributed by atoms with Crippen LogP contribution in [0.25, 0.3) is 11.3 Å². The van der Waals surface area contributed by atoms with Crippen molar-refractivity contribution in [2.24, 2.45) is 0 Å². The largest absolute Gasteiger partial charge is 0.486 e. The molecule has 3 rings (SSSR count). The molecule has 1 N–H and O–H groups in total. The van der Waals surface area contributed by atoms with E-state index in [2.05, 4.69) is 17.2 Å². The Balaban J connectivity index is 1.86. The molecule has 0 amide bonds. The predicted molar refractivity (Wildman–Crippen MR) is 75.0 cm³/mol. The molecule has 1 atom stereocenters. The fourth-order valence-electron chi connectivity index (χ4n) is 2.21. The minimum atomic E-state index is 0.103. The number of aromatic nitrogens is 1. The van der Waals surface area contributed by atoms with Gasteiger partial charge < -0.3 is 19.2 Å². The molecule has 20 heavy (non-hydrogen) atoms. The summed E-state index contributed by atoms with van der Waals surface area (Å²) >= 11 is 0. The fraction of sp³-hybridized carbons (Fsp3) is 0.400. The van der Waals surface area contributed by atoms with Crippen LogP contribution in [-0.4, -0.2) is 24.7 Å². The quantitative estimate of drug-likeness (QED) is 0.929. The summed E-state index contributed by atoms with van der Waals surface area (Å²) in [4.78, 5) is 4.32. The molecule has 0 saturated heterocycles. The van der Waals surface area contributed by atoms with E-state index in [0.717, 1.165) is 29.4 Å². The Morgan fingerprint density at radius 2 is 2.05 bits per heavy atom. The van der Waals surface area contributed by atoms with Crippen LogP contribution in [0.5, 0.6) is 11.5 Å². The molecule has 106 valence electrons. The molecule has 0 bridgehead atoms. The van der Waals surface area contributed by atoms with E-state index in [1.165, 1.54) is 0 Å². The average Bonchev–Trinajstić information content (AvgIpc) is 2.97. The summed E-state index contributed by atoms with van der Waals surface area (Å²) < 4.78 is 16.9. The van der Waals surface area contributed by atoms with Gasteiger partial charge in [0.05, 0.1) is 12.2 Å². The molecule has 2 heterocycles. The minimum absolute atomic E-state index is 0.103. The Labute approximate surface area is 117 Å². The molecule has 0 fully saturated rings. The van der Waals surface area contributed by atoms with Gasteiger partial charge in [0.1, 0.15) is 13.2 Å². The number of nitrogens with one attached hydrogen (secondary N) is 1. The zero-order valence-electron chi connectivity index (χ0n) is 11.7. The first-order valence-corrected chi connectivity index (χ1v) is 6.87. The van der Waals surface area contributed by atoms with Gasteiger partial charge in [-0.25, -0.2) is 4.98 Å². The van der Waals surface area contributed by atoms with E-state index in [1.807, 2.05) is 25.1 Å². The van der Waals surface area contributed by atoms with Crippen LogP contribution in [0.4, 0.5) is 0 Å². The van der Waals surface area contributed by atoms with Gasteiger partial charge in [0.2, 0.25) is 5.89 Å². The average molecular weight is 274 g/mol. The summed E-state index contributed by atoms with van der Waals surface area (Å²) in [6, 6.07) is 5.89. The predicted octanol–water partition coefficient (Wildman–Crippen LogP) is 2.78. The molecule has 5 heteroatoms. The van der Waals surface area contributed by atoms with E-state index in [4.69, 9.17) is 13.9 Å². The normalized spacial score (nSPS) is 15.1. The van der Waals surface area contributed by atoms with Crippen LogP contribution < -0.4 is 14.8 Å². The second-order valence-electron chi connectivity index (χ2n) is 4.70. The van der Waals surface area contributed by atoms with Crippen LogP contribution in [-0.2, 0) is 0 Å². The first-order chi connectivity index (χ1) is 9.78. The maximum Gasteiger partial charge on any atom is 0.211 e. The fourth-order valence-corrected chi connectivity index (χ4v) is 2.21. The summed E-state index contributed by atoms with van der Waals surface area (Å²) in [5, 5.41) is 3.28. The van der Waals surface area contributed by atoms with Gasteiger partial charge in [0, 0.05) is 5.56 Å². The molecule has 0 radical (unpaired) electrons. The molecule has 1 aromatic carbocycles. The number of fused-ring (bicyclic) bond motifs is 1. The summed E-state index contributed by atoms with van der Waals surface area (Å²) in [5.41, 5.74) is 0.941. The molecule has 1 unspecified atom stereocenters. The van der Waals surface area contributed by atoms with Gasteiger partial charge in [-0.3, -0.25) is 0 Å². The van der Waals surface area contributed by atoms with Crippen LogP contribution >= 0.6 is 0 Å². The van der Waals surface area contributed by atoms with Crippen molar-refractivity contribution >= 4 is 0 Å². The van der Waals surface area contributed by atoms with Crippen molar-refractivity contribution in [3.05, 3.63) is 30.3 Å². The van der Waals surface area contributed by atoms with E-state index < -0.39 is 0 Å². The Kier molecular flexibility index (Phi) is 3.60. The Morgan fingerprint density at radius 3 is 2.85 bits per heavy atom. The summed E-state index contributed by atoms with van der Waals surface area (Å²) in [6.07, 6.45) is 1.74. The Bertz CT molecular complexity index is 595. The van der Waals surface area contributed by atoms with Crippen molar-refractivity contribution in [1.29, 1.82) is 0 Å².